The van der Waals surface area contributed by atoms with Gasteiger partial charge in [0.25, 0.3) is 5.91 Å². The minimum Gasteiger partial charge on any atom is -0.477 e. The van der Waals surface area contributed by atoms with Crippen molar-refractivity contribution in [2.45, 2.75) is 91.2 Å². The summed E-state index contributed by atoms with van der Waals surface area (Å²) in [4.78, 5) is 37.6. The van der Waals surface area contributed by atoms with Gasteiger partial charge in [0.2, 0.25) is 5.88 Å². The van der Waals surface area contributed by atoms with Crippen molar-refractivity contribution in [1.82, 2.24) is 15.1 Å². The molecular formula is C28H42N4O5. The van der Waals surface area contributed by atoms with Crippen molar-refractivity contribution in [3.8, 4) is 5.88 Å². The number of nitrogens with two attached hydrogens (primary N) is 1. The summed E-state index contributed by atoms with van der Waals surface area (Å²) in [6.45, 7) is 10.3. The molecule has 2 unspecified atom stereocenters. The molecule has 4 aliphatic carbocycles. The standard InChI is InChI=1S/C28H42N4O5/c1-6-7-22(33)27(4,5)8-9-32-25(36-16-17(2)3)21(15-30-32)24(34)31-23-19-10-18-11-20(23)14-28(12-18,13-19)37-26(29)35/h8-9,15,17-20,23H,6-7,10-14,16H2,1-5H3,(H2,29,35)(H,31,34)/b9-8+. The molecule has 204 valence electrons. The lowest BCUT2D eigenvalue weighted by molar-refractivity contribution is -0.137. The van der Waals surface area contributed by atoms with Gasteiger partial charge in [-0.15, -0.1) is 0 Å². The summed E-state index contributed by atoms with van der Waals surface area (Å²) in [5.74, 6) is 1.56. The molecule has 9 heteroatoms. The maximum atomic E-state index is 13.5. The molecule has 0 aliphatic heterocycles. The average molecular weight is 515 g/mol. The van der Waals surface area contributed by atoms with Gasteiger partial charge < -0.3 is 20.5 Å². The molecule has 5 rings (SSSR count). The molecular weight excluding hydrogens is 472 g/mol. The third kappa shape index (κ3) is 5.85. The highest BCUT2D eigenvalue weighted by Gasteiger charge is 2.57. The van der Waals surface area contributed by atoms with Crippen LogP contribution in [0, 0.1) is 29.1 Å². The van der Waals surface area contributed by atoms with Crippen LogP contribution in [0.2, 0.25) is 0 Å². The van der Waals surface area contributed by atoms with Gasteiger partial charge in [-0.25, -0.2) is 9.48 Å². The molecule has 1 aromatic rings. The Labute approximate surface area is 219 Å². The topological polar surface area (TPSA) is 126 Å². The molecule has 2 atom stereocenters. The smallest absolute Gasteiger partial charge is 0.405 e. The summed E-state index contributed by atoms with van der Waals surface area (Å²) in [6, 6.07) is 0.0103. The van der Waals surface area contributed by atoms with Crippen molar-refractivity contribution in [3.05, 3.63) is 17.8 Å². The second-order valence-corrected chi connectivity index (χ2v) is 12.3. The maximum absolute atomic E-state index is 13.5. The predicted molar refractivity (Wildman–Crippen MR) is 140 cm³/mol. The Morgan fingerprint density at radius 2 is 1.92 bits per heavy atom. The molecule has 2 amide bonds. The Morgan fingerprint density at radius 1 is 1.24 bits per heavy atom. The fourth-order valence-electron chi connectivity index (χ4n) is 6.65. The number of hydrogen-bond donors (Lipinski definition) is 2. The Bertz CT molecular complexity index is 1040. The van der Waals surface area contributed by atoms with Crippen LogP contribution in [0.1, 0.15) is 89.9 Å². The summed E-state index contributed by atoms with van der Waals surface area (Å²) < 4.78 is 13.2. The Morgan fingerprint density at radius 3 is 2.51 bits per heavy atom. The Hall–Kier alpha value is -2.84. The van der Waals surface area contributed by atoms with E-state index in [1.807, 2.05) is 40.7 Å². The molecule has 0 aromatic carbocycles. The van der Waals surface area contributed by atoms with Crippen molar-refractivity contribution >= 4 is 24.0 Å². The summed E-state index contributed by atoms with van der Waals surface area (Å²) in [6.07, 6.45) is 10.0. The first-order valence-electron chi connectivity index (χ1n) is 13.7. The van der Waals surface area contributed by atoms with Crippen LogP contribution in [-0.4, -0.2) is 45.8 Å². The number of primary amides is 1. The molecule has 37 heavy (non-hydrogen) atoms. The first kappa shape index (κ1) is 27.2. The zero-order valence-electron chi connectivity index (χ0n) is 22.8. The lowest BCUT2D eigenvalue weighted by Gasteiger charge is -2.58. The average Bonchev–Trinajstić information content (AvgIpc) is 3.20. The first-order chi connectivity index (χ1) is 17.4. The van der Waals surface area contributed by atoms with Crippen molar-refractivity contribution in [3.63, 3.8) is 0 Å². The van der Waals surface area contributed by atoms with Crippen LogP contribution in [0.15, 0.2) is 12.3 Å². The van der Waals surface area contributed by atoms with Crippen LogP contribution >= 0.6 is 0 Å². The molecule has 1 heterocycles. The summed E-state index contributed by atoms with van der Waals surface area (Å²) in [5, 5.41) is 7.69. The SMILES string of the molecule is CCCC(=O)C(C)(C)/C=C/n1ncc(C(=O)NC2C3CC4CC2CC(OC(N)=O)(C4)C3)c1OCC(C)C. The monoisotopic (exact) mass is 514 g/mol. The third-order valence-electron chi connectivity index (χ3n) is 8.21. The van der Waals surface area contributed by atoms with E-state index in [0.29, 0.717) is 30.4 Å². The second-order valence-electron chi connectivity index (χ2n) is 12.3. The predicted octanol–water partition coefficient (Wildman–Crippen LogP) is 4.56. The molecule has 9 nitrogen and oxygen atoms in total. The van der Waals surface area contributed by atoms with E-state index in [-0.39, 0.29) is 35.5 Å². The fraction of sp³-hybridized carbons (Fsp3) is 0.714. The fourth-order valence-corrected chi connectivity index (χ4v) is 6.65. The number of carbonyl (C=O) groups excluding carboxylic acids is 3. The Balaban J connectivity index is 1.52. The minimum atomic E-state index is -0.713. The number of nitrogens with one attached hydrogen (secondary N) is 1. The minimum absolute atomic E-state index is 0.0103. The van der Waals surface area contributed by atoms with E-state index < -0.39 is 17.1 Å². The number of hydrogen-bond acceptors (Lipinski definition) is 6. The molecule has 4 fully saturated rings. The molecule has 4 saturated carbocycles. The van der Waals surface area contributed by atoms with Crippen molar-refractivity contribution in [2.75, 3.05) is 6.61 Å². The van der Waals surface area contributed by atoms with Crippen LogP contribution in [0.25, 0.3) is 6.20 Å². The van der Waals surface area contributed by atoms with Crippen LogP contribution in [-0.2, 0) is 9.53 Å². The van der Waals surface area contributed by atoms with Gasteiger partial charge in [-0.1, -0.05) is 26.8 Å². The number of rotatable bonds is 11. The van der Waals surface area contributed by atoms with Gasteiger partial charge >= 0.3 is 6.09 Å². The van der Waals surface area contributed by atoms with E-state index in [1.54, 1.807) is 10.9 Å². The number of Topliss-reactive ketones (excluding diaryl/α,β-unsaturated/α-hetero) is 1. The number of amides is 2. The van der Waals surface area contributed by atoms with Crippen LogP contribution in [0.4, 0.5) is 4.79 Å². The highest BCUT2D eigenvalue weighted by Crippen LogP contribution is 2.57. The Kier molecular flexibility index (Phi) is 7.72. The van der Waals surface area contributed by atoms with Crippen LogP contribution in [0.5, 0.6) is 5.88 Å². The van der Waals surface area contributed by atoms with Crippen LogP contribution in [0.3, 0.4) is 0 Å². The number of allylic oxidation sites excluding steroid dienone is 1. The van der Waals surface area contributed by atoms with Crippen molar-refractivity contribution in [2.24, 2.45) is 34.8 Å². The number of carbonyl (C=O) groups is 3. The van der Waals surface area contributed by atoms with E-state index in [1.165, 1.54) is 6.20 Å². The summed E-state index contributed by atoms with van der Waals surface area (Å²) in [5.41, 5.74) is 4.62. The quantitative estimate of drug-likeness (QED) is 0.446. The molecule has 4 aliphatic rings. The second kappa shape index (κ2) is 10.5. The molecule has 0 saturated heterocycles. The zero-order valence-corrected chi connectivity index (χ0v) is 22.8. The van der Waals surface area contributed by atoms with Crippen LogP contribution < -0.4 is 15.8 Å². The summed E-state index contributed by atoms with van der Waals surface area (Å²) in [7, 11) is 0. The third-order valence-corrected chi connectivity index (χ3v) is 8.21. The van der Waals surface area contributed by atoms with Crippen molar-refractivity contribution in [1.29, 1.82) is 0 Å². The molecule has 3 N–H and O–H groups in total. The van der Waals surface area contributed by atoms with Gasteiger partial charge in [0.05, 0.1) is 12.8 Å². The van der Waals surface area contributed by atoms with Gasteiger partial charge in [0.15, 0.2) is 0 Å². The highest BCUT2D eigenvalue weighted by atomic mass is 16.6. The van der Waals surface area contributed by atoms with E-state index in [0.717, 1.165) is 38.5 Å². The lowest BCUT2D eigenvalue weighted by Crippen LogP contribution is -2.63. The van der Waals surface area contributed by atoms with Gasteiger partial charge in [-0.2, -0.15) is 5.10 Å². The van der Waals surface area contributed by atoms with E-state index in [9.17, 15) is 14.4 Å². The molecule has 0 spiro atoms. The van der Waals surface area contributed by atoms with E-state index in [2.05, 4.69) is 10.4 Å². The molecule has 4 bridgehead atoms. The lowest BCUT2D eigenvalue weighted by atomic mass is 9.52. The van der Waals surface area contributed by atoms with E-state index in [4.69, 9.17) is 15.2 Å². The first-order valence-corrected chi connectivity index (χ1v) is 13.7. The number of ketones is 1. The summed E-state index contributed by atoms with van der Waals surface area (Å²) >= 11 is 0. The van der Waals surface area contributed by atoms with Gasteiger partial charge in [-0.3, -0.25) is 9.59 Å². The van der Waals surface area contributed by atoms with Gasteiger partial charge in [0, 0.05) is 24.1 Å². The normalized spacial score (nSPS) is 28.6. The number of aromatic nitrogens is 2. The maximum Gasteiger partial charge on any atom is 0.405 e. The zero-order chi connectivity index (χ0) is 27.0. The largest absolute Gasteiger partial charge is 0.477 e. The van der Waals surface area contributed by atoms with E-state index >= 15 is 0 Å². The molecule has 1 aromatic heterocycles. The van der Waals surface area contributed by atoms with Gasteiger partial charge in [-0.05, 0) is 76.0 Å². The highest BCUT2D eigenvalue weighted by molar-refractivity contribution is 5.96. The van der Waals surface area contributed by atoms with Crippen molar-refractivity contribution < 1.29 is 23.9 Å². The number of nitrogens with zero attached hydrogens (tertiary/aromatic N) is 2. The molecule has 0 radical (unpaired) electrons. The van der Waals surface area contributed by atoms with Gasteiger partial charge in [0.1, 0.15) is 16.9 Å². The number of ether oxygens (including phenoxy) is 2.